The van der Waals surface area contributed by atoms with E-state index >= 15 is 0 Å². The Balaban J connectivity index is 1.62. The maximum Gasteiger partial charge on any atom is 0.269 e. The van der Waals surface area contributed by atoms with E-state index in [1.54, 1.807) is 24.3 Å². The van der Waals surface area contributed by atoms with E-state index in [2.05, 4.69) is 10.6 Å². The van der Waals surface area contributed by atoms with Gasteiger partial charge < -0.3 is 20.1 Å². The van der Waals surface area contributed by atoms with Crippen LogP contribution in [0.5, 0.6) is 11.5 Å². The smallest absolute Gasteiger partial charge is 0.269 e. The number of amides is 2. The lowest BCUT2D eigenvalue weighted by molar-refractivity contribution is -0.384. The SMILES string of the molecule is COc1cc(/C=C2\SC(=S)NC2=O)ccc1OCC(=O)Nc1ccc([N+](=O)[O-])cc1. The molecular formula is C19H15N3O6S2. The Morgan fingerprint density at radius 2 is 2.00 bits per heavy atom. The van der Waals surface area contributed by atoms with Gasteiger partial charge in [0.1, 0.15) is 4.32 Å². The number of ether oxygens (including phenoxy) is 2. The van der Waals surface area contributed by atoms with Crippen molar-refractivity contribution in [3.63, 3.8) is 0 Å². The van der Waals surface area contributed by atoms with Gasteiger partial charge in [-0.3, -0.25) is 19.7 Å². The van der Waals surface area contributed by atoms with E-state index in [0.29, 0.717) is 32.0 Å². The summed E-state index contributed by atoms with van der Waals surface area (Å²) in [4.78, 5) is 34.5. The average Bonchev–Trinajstić information content (AvgIpc) is 3.03. The molecule has 1 fully saturated rings. The number of carbonyl (C=O) groups is 2. The van der Waals surface area contributed by atoms with Crippen LogP contribution in [0.4, 0.5) is 11.4 Å². The first-order valence-electron chi connectivity index (χ1n) is 8.45. The molecule has 11 heteroatoms. The van der Waals surface area contributed by atoms with Crippen molar-refractivity contribution in [3.8, 4) is 11.5 Å². The Hall–Kier alpha value is -3.44. The number of hydrogen-bond donors (Lipinski definition) is 2. The predicted octanol–water partition coefficient (Wildman–Crippen LogP) is 3.11. The highest BCUT2D eigenvalue weighted by atomic mass is 32.2. The number of benzene rings is 2. The van der Waals surface area contributed by atoms with Gasteiger partial charge in [0.05, 0.1) is 16.9 Å². The fourth-order valence-corrected chi connectivity index (χ4v) is 3.52. The van der Waals surface area contributed by atoms with Gasteiger partial charge in [-0.15, -0.1) is 0 Å². The normalized spacial score (nSPS) is 14.4. The fourth-order valence-electron chi connectivity index (χ4n) is 2.47. The number of rotatable bonds is 7. The maximum atomic E-state index is 12.1. The third kappa shape index (κ3) is 5.33. The largest absolute Gasteiger partial charge is 0.493 e. The van der Waals surface area contributed by atoms with Crippen LogP contribution in [0.25, 0.3) is 6.08 Å². The van der Waals surface area contributed by atoms with Crippen molar-refractivity contribution in [2.24, 2.45) is 0 Å². The second-order valence-corrected chi connectivity index (χ2v) is 7.62. The molecule has 1 aliphatic heterocycles. The van der Waals surface area contributed by atoms with Gasteiger partial charge in [-0.25, -0.2) is 0 Å². The number of carbonyl (C=O) groups excluding carboxylic acids is 2. The summed E-state index contributed by atoms with van der Waals surface area (Å²) in [6.45, 7) is -0.291. The highest BCUT2D eigenvalue weighted by Crippen LogP contribution is 2.31. The van der Waals surface area contributed by atoms with E-state index in [1.807, 2.05) is 0 Å². The number of thiocarbonyl (C=S) groups is 1. The average molecular weight is 445 g/mol. The minimum Gasteiger partial charge on any atom is -0.493 e. The third-order valence-corrected chi connectivity index (χ3v) is 5.01. The van der Waals surface area contributed by atoms with Gasteiger partial charge in [-0.1, -0.05) is 30.0 Å². The highest BCUT2D eigenvalue weighted by Gasteiger charge is 2.22. The Morgan fingerprint density at radius 1 is 1.27 bits per heavy atom. The zero-order valence-electron chi connectivity index (χ0n) is 15.5. The quantitative estimate of drug-likeness (QED) is 0.289. The maximum absolute atomic E-state index is 12.1. The molecule has 9 nitrogen and oxygen atoms in total. The first kappa shape index (κ1) is 21.3. The van der Waals surface area contributed by atoms with Crippen molar-refractivity contribution in [1.29, 1.82) is 0 Å². The van der Waals surface area contributed by atoms with Crippen LogP contribution in [-0.2, 0) is 9.59 Å². The molecule has 2 N–H and O–H groups in total. The van der Waals surface area contributed by atoms with Crippen LogP contribution in [-0.4, -0.2) is 34.8 Å². The van der Waals surface area contributed by atoms with E-state index in [0.717, 1.165) is 0 Å². The molecule has 0 spiro atoms. The topological polar surface area (TPSA) is 120 Å². The molecule has 0 saturated carbocycles. The first-order valence-corrected chi connectivity index (χ1v) is 9.68. The van der Waals surface area contributed by atoms with Crippen molar-refractivity contribution in [1.82, 2.24) is 5.32 Å². The zero-order valence-corrected chi connectivity index (χ0v) is 17.2. The van der Waals surface area contributed by atoms with Gasteiger partial charge in [-0.2, -0.15) is 0 Å². The van der Waals surface area contributed by atoms with Crippen LogP contribution >= 0.6 is 24.0 Å². The number of nitro groups is 1. The van der Waals surface area contributed by atoms with E-state index in [9.17, 15) is 19.7 Å². The van der Waals surface area contributed by atoms with Gasteiger partial charge in [0.2, 0.25) is 0 Å². The molecule has 30 heavy (non-hydrogen) atoms. The summed E-state index contributed by atoms with van der Waals surface area (Å²) in [5.74, 6) is 0.0351. The van der Waals surface area contributed by atoms with Crippen LogP contribution in [0, 0.1) is 10.1 Å². The first-order chi connectivity index (χ1) is 14.4. The fraction of sp³-hybridized carbons (Fsp3) is 0.105. The van der Waals surface area contributed by atoms with Crippen molar-refractivity contribution >= 4 is 57.6 Å². The van der Waals surface area contributed by atoms with Gasteiger partial charge >= 0.3 is 0 Å². The number of nitrogens with one attached hydrogen (secondary N) is 2. The van der Waals surface area contributed by atoms with Crippen LogP contribution < -0.4 is 20.1 Å². The molecule has 0 aromatic heterocycles. The number of non-ortho nitro benzene ring substituents is 1. The van der Waals surface area contributed by atoms with Crippen molar-refractivity contribution in [3.05, 3.63) is 63.0 Å². The van der Waals surface area contributed by atoms with E-state index < -0.39 is 10.8 Å². The van der Waals surface area contributed by atoms with E-state index in [-0.39, 0.29) is 18.2 Å². The van der Waals surface area contributed by atoms with Crippen molar-refractivity contribution in [2.75, 3.05) is 19.0 Å². The molecule has 0 bridgehead atoms. The molecule has 154 valence electrons. The highest BCUT2D eigenvalue weighted by molar-refractivity contribution is 8.26. The number of nitro benzene ring substituents is 1. The summed E-state index contributed by atoms with van der Waals surface area (Å²) in [7, 11) is 1.46. The third-order valence-electron chi connectivity index (χ3n) is 3.85. The molecule has 0 unspecified atom stereocenters. The minimum atomic E-state index is -0.521. The number of anilines is 1. The van der Waals surface area contributed by atoms with Crippen LogP contribution in [0.2, 0.25) is 0 Å². The second kappa shape index (κ2) is 9.37. The Labute approximate surface area is 180 Å². The molecule has 2 aromatic carbocycles. The molecular weight excluding hydrogens is 430 g/mol. The Kier molecular flexibility index (Phi) is 6.65. The molecule has 2 amide bonds. The van der Waals surface area contributed by atoms with Crippen molar-refractivity contribution < 1.29 is 24.0 Å². The molecule has 3 rings (SSSR count). The molecule has 1 aliphatic rings. The summed E-state index contributed by atoms with van der Waals surface area (Å²) in [6.07, 6.45) is 1.67. The van der Waals surface area contributed by atoms with Gasteiger partial charge in [0, 0.05) is 17.8 Å². The second-order valence-electron chi connectivity index (χ2n) is 5.90. The predicted molar refractivity (Wildman–Crippen MR) is 117 cm³/mol. The summed E-state index contributed by atoms with van der Waals surface area (Å²) < 4.78 is 11.2. The van der Waals surface area contributed by atoms with E-state index in [1.165, 1.54) is 43.1 Å². The lowest BCUT2D eigenvalue weighted by atomic mass is 10.2. The molecule has 0 atom stereocenters. The standard InChI is InChI=1S/C19H15N3O6S2/c1-27-15-8-11(9-16-18(24)21-19(29)30-16)2-7-14(15)28-10-17(23)20-12-3-5-13(6-4-12)22(25)26/h2-9H,10H2,1H3,(H,20,23)(H,21,24,29)/b16-9-. The number of nitrogens with zero attached hydrogens (tertiary/aromatic N) is 1. The minimum absolute atomic E-state index is 0.0700. The molecule has 0 radical (unpaired) electrons. The van der Waals surface area contributed by atoms with Gasteiger partial charge in [-0.05, 0) is 35.9 Å². The van der Waals surface area contributed by atoms with Crippen LogP contribution in [0.15, 0.2) is 47.4 Å². The van der Waals surface area contributed by atoms with E-state index in [4.69, 9.17) is 21.7 Å². The van der Waals surface area contributed by atoms with Gasteiger partial charge in [0.15, 0.2) is 18.1 Å². The Bertz CT molecular complexity index is 1050. The molecule has 0 aliphatic carbocycles. The van der Waals surface area contributed by atoms with Gasteiger partial charge in [0.25, 0.3) is 17.5 Å². The molecule has 2 aromatic rings. The molecule has 1 saturated heterocycles. The number of hydrogen-bond acceptors (Lipinski definition) is 8. The van der Waals surface area contributed by atoms with Crippen LogP contribution in [0.1, 0.15) is 5.56 Å². The monoisotopic (exact) mass is 445 g/mol. The molecule has 1 heterocycles. The number of methoxy groups -OCH3 is 1. The Morgan fingerprint density at radius 3 is 2.60 bits per heavy atom. The van der Waals surface area contributed by atoms with Crippen LogP contribution in [0.3, 0.4) is 0 Å². The summed E-state index contributed by atoms with van der Waals surface area (Å²) >= 11 is 6.13. The lowest BCUT2D eigenvalue weighted by Gasteiger charge is -2.11. The zero-order chi connectivity index (χ0) is 21.7. The lowest BCUT2D eigenvalue weighted by Crippen LogP contribution is -2.20. The summed E-state index contributed by atoms with van der Waals surface area (Å²) in [5, 5.41) is 15.8. The van der Waals surface area contributed by atoms with Crippen molar-refractivity contribution in [2.45, 2.75) is 0 Å². The number of thioether (sulfide) groups is 1. The summed E-state index contributed by atoms with van der Waals surface area (Å²) in [5.41, 5.74) is 1.05. The summed E-state index contributed by atoms with van der Waals surface area (Å²) in [6, 6.07) is 10.5.